The standard InChI is InChI=1S/C13H17BrN2O2/c1-13(2,3)18-12(17)16-7-10(15)8-5-4-6-9(14)11(8)16/h4-6,10H,7,15H2,1-3H3. The summed E-state index contributed by atoms with van der Waals surface area (Å²) in [5, 5.41) is 0. The lowest BCUT2D eigenvalue weighted by atomic mass is 10.1. The summed E-state index contributed by atoms with van der Waals surface area (Å²) in [5.74, 6) is 0. The van der Waals surface area contributed by atoms with Gasteiger partial charge < -0.3 is 10.5 Å². The first-order chi connectivity index (χ1) is 8.29. The summed E-state index contributed by atoms with van der Waals surface area (Å²) in [7, 11) is 0. The van der Waals surface area contributed by atoms with Crippen molar-refractivity contribution < 1.29 is 9.53 Å². The number of rotatable bonds is 0. The highest BCUT2D eigenvalue weighted by atomic mass is 79.9. The van der Waals surface area contributed by atoms with Gasteiger partial charge in [-0.15, -0.1) is 0 Å². The van der Waals surface area contributed by atoms with Gasteiger partial charge in [-0.3, -0.25) is 4.90 Å². The van der Waals surface area contributed by atoms with E-state index in [1.807, 2.05) is 39.0 Å². The number of halogens is 1. The zero-order valence-electron chi connectivity index (χ0n) is 10.7. The summed E-state index contributed by atoms with van der Waals surface area (Å²) in [6, 6.07) is 5.59. The first-order valence-corrected chi connectivity index (χ1v) is 6.63. The van der Waals surface area contributed by atoms with Gasteiger partial charge >= 0.3 is 6.09 Å². The summed E-state index contributed by atoms with van der Waals surface area (Å²) < 4.78 is 6.25. The maximum atomic E-state index is 12.1. The van der Waals surface area contributed by atoms with Crippen LogP contribution in [0.3, 0.4) is 0 Å². The minimum absolute atomic E-state index is 0.162. The van der Waals surface area contributed by atoms with E-state index in [2.05, 4.69) is 15.9 Å². The molecule has 0 fully saturated rings. The van der Waals surface area contributed by atoms with E-state index < -0.39 is 5.60 Å². The zero-order chi connectivity index (χ0) is 13.5. The van der Waals surface area contributed by atoms with Gasteiger partial charge in [0.1, 0.15) is 5.60 Å². The molecule has 1 aliphatic heterocycles. The Hall–Kier alpha value is -1.07. The predicted molar refractivity (Wildman–Crippen MR) is 74.7 cm³/mol. The third-order valence-corrected chi connectivity index (χ3v) is 3.32. The molecule has 5 heteroatoms. The van der Waals surface area contributed by atoms with Gasteiger partial charge in [-0.05, 0) is 48.3 Å². The van der Waals surface area contributed by atoms with E-state index in [4.69, 9.17) is 10.5 Å². The average Bonchev–Trinajstić information content (AvgIpc) is 2.56. The van der Waals surface area contributed by atoms with E-state index in [9.17, 15) is 4.79 Å². The largest absolute Gasteiger partial charge is 0.443 e. The van der Waals surface area contributed by atoms with Crippen molar-refractivity contribution >= 4 is 27.7 Å². The fraction of sp³-hybridized carbons (Fsp3) is 0.462. The van der Waals surface area contributed by atoms with Crippen molar-refractivity contribution in [1.82, 2.24) is 0 Å². The second kappa shape index (κ2) is 4.55. The molecule has 1 atom stereocenters. The minimum Gasteiger partial charge on any atom is -0.443 e. The molecule has 18 heavy (non-hydrogen) atoms. The Kier molecular flexibility index (Phi) is 3.38. The third kappa shape index (κ3) is 2.52. The van der Waals surface area contributed by atoms with Crippen LogP contribution >= 0.6 is 15.9 Å². The van der Waals surface area contributed by atoms with E-state index in [0.717, 1.165) is 15.7 Å². The van der Waals surface area contributed by atoms with Crippen molar-refractivity contribution in [2.45, 2.75) is 32.4 Å². The molecule has 0 aliphatic carbocycles. The molecule has 0 bridgehead atoms. The lowest BCUT2D eigenvalue weighted by molar-refractivity contribution is 0.0582. The van der Waals surface area contributed by atoms with Crippen LogP contribution in [0.5, 0.6) is 0 Å². The number of para-hydroxylation sites is 1. The number of nitrogens with zero attached hydrogens (tertiary/aromatic N) is 1. The Labute approximate surface area is 115 Å². The van der Waals surface area contributed by atoms with Crippen molar-refractivity contribution in [3.63, 3.8) is 0 Å². The smallest absolute Gasteiger partial charge is 0.414 e. The topological polar surface area (TPSA) is 55.6 Å². The monoisotopic (exact) mass is 312 g/mol. The maximum Gasteiger partial charge on any atom is 0.414 e. The van der Waals surface area contributed by atoms with Crippen LogP contribution in [0, 0.1) is 0 Å². The summed E-state index contributed by atoms with van der Waals surface area (Å²) in [6.45, 7) is 6.00. The average molecular weight is 313 g/mol. The number of carbonyl (C=O) groups is 1. The number of amides is 1. The number of fused-ring (bicyclic) bond motifs is 1. The van der Waals surface area contributed by atoms with Crippen molar-refractivity contribution in [2.24, 2.45) is 5.73 Å². The van der Waals surface area contributed by atoms with Crippen molar-refractivity contribution in [2.75, 3.05) is 11.4 Å². The predicted octanol–water partition coefficient (Wildman–Crippen LogP) is 3.20. The lowest BCUT2D eigenvalue weighted by Crippen LogP contribution is -2.37. The fourth-order valence-corrected chi connectivity index (χ4v) is 2.58. The molecule has 98 valence electrons. The summed E-state index contributed by atoms with van der Waals surface area (Å²) in [5.41, 5.74) is 7.31. The number of hydrogen-bond donors (Lipinski definition) is 1. The molecule has 1 aromatic carbocycles. The van der Waals surface area contributed by atoms with Crippen molar-refractivity contribution in [1.29, 1.82) is 0 Å². The van der Waals surface area contributed by atoms with Gasteiger partial charge in [0.15, 0.2) is 0 Å². The summed E-state index contributed by atoms with van der Waals surface area (Å²) in [4.78, 5) is 13.7. The number of nitrogens with two attached hydrogens (primary N) is 1. The molecule has 1 unspecified atom stereocenters. The molecule has 2 rings (SSSR count). The van der Waals surface area contributed by atoms with Crippen LogP contribution in [0.25, 0.3) is 0 Å². The van der Waals surface area contributed by atoms with Crippen LogP contribution in [-0.4, -0.2) is 18.2 Å². The number of carbonyl (C=O) groups excluding carboxylic acids is 1. The first-order valence-electron chi connectivity index (χ1n) is 5.84. The molecular weight excluding hydrogens is 296 g/mol. The number of hydrogen-bond acceptors (Lipinski definition) is 3. The molecule has 1 amide bonds. The highest BCUT2D eigenvalue weighted by Crippen LogP contribution is 2.39. The molecule has 0 aromatic heterocycles. The third-order valence-electron chi connectivity index (χ3n) is 2.68. The number of ether oxygens (including phenoxy) is 1. The normalized spacial score (nSPS) is 18.7. The summed E-state index contributed by atoms with van der Waals surface area (Å²) in [6.07, 6.45) is -0.358. The molecule has 0 radical (unpaired) electrons. The van der Waals surface area contributed by atoms with Gasteiger partial charge in [0.2, 0.25) is 0 Å². The zero-order valence-corrected chi connectivity index (χ0v) is 12.3. The minimum atomic E-state index is -0.509. The lowest BCUT2D eigenvalue weighted by Gasteiger charge is -2.25. The highest BCUT2D eigenvalue weighted by Gasteiger charge is 2.34. The molecular formula is C13H17BrN2O2. The first kappa shape index (κ1) is 13.4. The molecule has 1 aromatic rings. The van der Waals surface area contributed by atoms with E-state index in [1.165, 1.54) is 0 Å². The Morgan fingerprint density at radius 2 is 2.17 bits per heavy atom. The van der Waals surface area contributed by atoms with Crippen LogP contribution in [0.15, 0.2) is 22.7 Å². The molecule has 2 N–H and O–H groups in total. The van der Waals surface area contributed by atoms with Crippen LogP contribution in [0.4, 0.5) is 10.5 Å². The molecule has 0 spiro atoms. The number of anilines is 1. The molecule has 0 saturated heterocycles. The maximum absolute atomic E-state index is 12.1. The van der Waals surface area contributed by atoms with Gasteiger partial charge in [0, 0.05) is 11.0 Å². The van der Waals surface area contributed by atoms with Gasteiger partial charge in [-0.2, -0.15) is 0 Å². The Morgan fingerprint density at radius 3 is 2.78 bits per heavy atom. The van der Waals surface area contributed by atoms with Gasteiger partial charge in [0.25, 0.3) is 0 Å². The molecule has 1 heterocycles. The Balaban J connectivity index is 2.32. The highest BCUT2D eigenvalue weighted by molar-refractivity contribution is 9.10. The van der Waals surface area contributed by atoms with Gasteiger partial charge in [-0.25, -0.2) is 4.79 Å². The summed E-state index contributed by atoms with van der Waals surface area (Å²) >= 11 is 3.46. The van der Waals surface area contributed by atoms with Gasteiger partial charge in [-0.1, -0.05) is 12.1 Å². The van der Waals surface area contributed by atoms with E-state index in [-0.39, 0.29) is 12.1 Å². The second-order valence-corrected chi connectivity index (χ2v) is 6.23. The molecule has 4 nitrogen and oxygen atoms in total. The van der Waals surface area contributed by atoms with Gasteiger partial charge in [0.05, 0.1) is 11.7 Å². The quantitative estimate of drug-likeness (QED) is 0.800. The SMILES string of the molecule is CC(C)(C)OC(=O)N1CC(N)c2cccc(Br)c21. The van der Waals surface area contributed by atoms with E-state index in [1.54, 1.807) is 4.90 Å². The van der Waals surface area contributed by atoms with Crippen LogP contribution in [0.1, 0.15) is 32.4 Å². The second-order valence-electron chi connectivity index (χ2n) is 5.38. The van der Waals surface area contributed by atoms with Crippen molar-refractivity contribution in [3.8, 4) is 0 Å². The fourth-order valence-electron chi connectivity index (χ4n) is 1.99. The van der Waals surface area contributed by atoms with E-state index >= 15 is 0 Å². The molecule has 1 aliphatic rings. The van der Waals surface area contributed by atoms with Crippen LogP contribution < -0.4 is 10.6 Å². The Morgan fingerprint density at radius 1 is 1.50 bits per heavy atom. The Bertz CT molecular complexity index is 482. The molecule has 0 saturated carbocycles. The van der Waals surface area contributed by atoms with Crippen LogP contribution in [0.2, 0.25) is 0 Å². The number of benzene rings is 1. The van der Waals surface area contributed by atoms with Crippen LogP contribution in [-0.2, 0) is 4.74 Å². The van der Waals surface area contributed by atoms with Crippen molar-refractivity contribution in [3.05, 3.63) is 28.2 Å². The van der Waals surface area contributed by atoms with E-state index in [0.29, 0.717) is 6.54 Å².